The molecule has 2 heterocycles. The molecule has 0 amide bonds. The second-order valence-corrected chi connectivity index (χ2v) is 9.21. The molecule has 210 valence electrons. The minimum atomic E-state index is -1.81. The van der Waals surface area contributed by atoms with Crippen LogP contribution in [0.2, 0.25) is 0 Å². The molecule has 1 fully saturated rings. The Balaban J connectivity index is 1.48. The molecule has 5 atom stereocenters. The van der Waals surface area contributed by atoms with E-state index in [0.717, 1.165) is 6.08 Å². The second kappa shape index (κ2) is 12.2. The van der Waals surface area contributed by atoms with Crippen LogP contribution in [0.1, 0.15) is 31.1 Å². The normalized spacial score (nSPS) is 24.9. The van der Waals surface area contributed by atoms with E-state index in [4.69, 9.17) is 28.4 Å². The number of rotatable bonds is 9. The van der Waals surface area contributed by atoms with Gasteiger partial charge in [-0.2, -0.15) is 0 Å². The second-order valence-electron chi connectivity index (χ2n) is 9.21. The fourth-order valence-electron chi connectivity index (χ4n) is 4.59. The van der Waals surface area contributed by atoms with Crippen LogP contribution in [0, 0.1) is 0 Å². The number of ether oxygens (including phenoxy) is 6. The molecule has 0 unspecified atom stereocenters. The van der Waals surface area contributed by atoms with Crippen molar-refractivity contribution >= 4 is 23.9 Å². The van der Waals surface area contributed by atoms with Crippen LogP contribution in [0.25, 0.3) is 0 Å². The van der Waals surface area contributed by atoms with Gasteiger partial charge in [-0.3, -0.25) is 0 Å². The summed E-state index contributed by atoms with van der Waals surface area (Å²) in [7, 11) is 1.29. The van der Waals surface area contributed by atoms with Gasteiger partial charge in [0, 0.05) is 13.2 Å². The third-order valence-electron chi connectivity index (χ3n) is 6.63. The van der Waals surface area contributed by atoms with E-state index < -0.39 is 54.1 Å². The summed E-state index contributed by atoms with van der Waals surface area (Å²) in [6.45, 7) is -0.381. The summed E-state index contributed by atoms with van der Waals surface area (Å²) in [5.41, 5.74) is 0.759. The Hall–Kier alpha value is -4.80. The molecular formula is C31H26O10. The van der Waals surface area contributed by atoms with Crippen molar-refractivity contribution in [3.63, 3.8) is 0 Å². The molecule has 5 rings (SSSR count). The highest BCUT2D eigenvalue weighted by Crippen LogP contribution is 2.39. The summed E-state index contributed by atoms with van der Waals surface area (Å²) < 4.78 is 34.4. The van der Waals surface area contributed by atoms with Gasteiger partial charge in [-0.05, 0) is 42.5 Å². The highest BCUT2D eigenvalue weighted by atomic mass is 16.7. The minimum absolute atomic E-state index is 0.226. The third-order valence-corrected chi connectivity index (χ3v) is 6.63. The van der Waals surface area contributed by atoms with Gasteiger partial charge in [-0.25, -0.2) is 19.2 Å². The Morgan fingerprint density at radius 2 is 1.22 bits per heavy atom. The third kappa shape index (κ3) is 6.03. The summed E-state index contributed by atoms with van der Waals surface area (Å²) in [5, 5.41) is 0. The Morgan fingerprint density at radius 1 is 0.732 bits per heavy atom. The standard InChI is InChI=1S/C31H26O10/c1-36-31(18-17-24(32)41-31)27-26(40-30(35)22-15-9-4-10-16-22)25(39-29(34)21-13-7-3-8-14-21)23(38-27)19-37-28(33)20-11-5-2-6-12-20/h2-18,23,25-27H,19H2,1H3/t23-,25-,26-,27-,31+/m1/s1. The van der Waals surface area contributed by atoms with Crippen LogP contribution in [0.5, 0.6) is 0 Å². The van der Waals surface area contributed by atoms with Crippen molar-refractivity contribution in [3.8, 4) is 0 Å². The van der Waals surface area contributed by atoms with E-state index >= 15 is 0 Å². The van der Waals surface area contributed by atoms with E-state index in [1.807, 2.05) is 0 Å². The van der Waals surface area contributed by atoms with Crippen molar-refractivity contribution in [1.29, 1.82) is 0 Å². The van der Waals surface area contributed by atoms with Crippen LogP contribution in [-0.4, -0.2) is 67.8 Å². The SMILES string of the molecule is CO[C@@]1([C@@H]2O[C@H](COC(=O)c3ccccc3)[C@@H](OC(=O)c3ccccc3)[C@H]2OC(=O)c2ccccc2)C=CC(=O)O1. The van der Waals surface area contributed by atoms with Crippen LogP contribution in [0.3, 0.4) is 0 Å². The number of hydrogen-bond donors (Lipinski definition) is 0. The Kier molecular flexibility index (Phi) is 8.23. The van der Waals surface area contributed by atoms with Gasteiger partial charge in [0.25, 0.3) is 5.79 Å². The largest absolute Gasteiger partial charge is 0.459 e. The first kappa shape index (κ1) is 27.8. The molecule has 41 heavy (non-hydrogen) atoms. The van der Waals surface area contributed by atoms with E-state index in [-0.39, 0.29) is 17.7 Å². The van der Waals surface area contributed by atoms with Crippen molar-refractivity contribution in [2.24, 2.45) is 0 Å². The van der Waals surface area contributed by atoms with Gasteiger partial charge in [0.2, 0.25) is 0 Å². The lowest BCUT2D eigenvalue weighted by atomic mass is 10.00. The minimum Gasteiger partial charge on any atom is -0.459 e. The lowest BCUT2D eigenvalue weighted by Gasteiger charge is -2.33. The fourth-order valence-corrected chi connectivity index (χ4v) is 4.59. The molecule has 0 aliphatic carbocycles. The smallest absolute Gasteiger partial charge is 0.338 e. The van der Waals surface area contributed by atoms with E-state index in [1.165, 1.54) is 13.2 Å². The highest BCUT2D eigenvalue weighted by Gasteiger charge is 2.61. The molecule has 0 radical (unpaired) electrons. The van der Waals surface area contributed by atoms with Gasteiger partial charge < -0.3 is 28.4 Å². The Morgan fingerprint density at radius 3 is 1.68 bits per heavy atom. The highest BCUT2D eigenvalue weighted by molar-refractivity contribution is 5.91. The van der Waals surface area contributed by atoms with E-state index in [9.17, 15) is 19.2 Å². The molecule has 0 saturated carbocycles. The van der Waals surface area contributed by atoms with Gasteiger partial charge in [-0.1, -0.05) is 54.6 Å². The van der Waals surface area contributed by atoms with Crippen molar-refractivity contribution in [3.05, 3.63) is 120 Å². The molecule has 0 N–H and O–H groups in total. The molecule has 3 aromatic carbocycles. The van der Waals surface area contributed by atoms with E-state index in [2.05, 4.69) is 0 Å². The molecule has 2 aliphatic heterocycles. The summed E-state index contributed by atoms with van der Waals surface area (Å²) in [4.78, 5) is 51.2. The lowest BCUT2D eigenvalue weighted by Crippen LogP contribution is -2.52. The first-order valence-electron chi connectivity index (χ1n) is 12.8. The van der Waals surface area contributed by atoms with Crippen LogP contribution < -0.4 is 0 Å². The number of hydrogen-bond acceptors (Lipinski definition) is 10. The van der Waals surface area contributed by atoms with Gasteiger partial charge in [0.1, 0.15) is 12.7 Å². The van der Waals surface area contributed by atoms with Crippen molar-refractivity contribution in [2.45, 2.75) is 30.2 Å². The zero-order valence-corrected chi connectivity index (χ0v) is 21.9. The van der Waals surface area contributed by atoms with Crippen LogP contribution in [0.4, 0.5) is 0 Å². The van der Waals surface area contributed by atoms with Gasteiger partial charge in [0.15, 0.2) is 18.3 Å². The van der Waals surface area contributed by atoms with Gasteiger partial charge >= 0.3 is 23.9 Å². The zero-order valence-electron chi connectivity index (χ0n) is 21.9. The van der Waals surface area contributed by atoms with Crippen molar-refractivity contribution in [2.75, 3.05) is 13.7 Å². The average molecular weight is 559 g/mol. The quantitative estimate of drug-likeness (QED) is 0.285. The molecule has 1 saturated heterocycles. The lowest BCUT2D eigenvalue weighted by molar-refractivity contribution is -0.242. The Labute approximate surface area is 235 Å². The first-order valence-corrected chi connectivity index (χ1v) is 12.8. The maximum absolute atomic E-state index is 13.2. The maximum atomic E-state index is 13.2. The van der Waals surface area contributed by atoms with E-state index in [1.54, 1.807) is 91.0 Å². The number of cyclic esters (lactones) is 1. The average Bonchev–Trinajstić information content (AvgIpc) is 3.57. The van der Waals surface area contributed by atoms with Crippen LogP contribution in [-0.2, 0) is 33.2 Å². The number of methoxy groups -OCH3 is 1. The maximum Gasteiger partial charge on any atom is 0.338 e. The number of carbonyl (C=O) groups excluding carboxylic acids is 4. The summed E-state index contributed by atoms with van der Waals surface area (Å²) in [5.74, 6) is -4.64. The van der Waals surface area contributed by atoms with Crippen molar-refractivity contribution < 1.29 is 47.6 Å². The first-order chi connectivity index (χ1) is 19.9. The number of esters is 4. The predicted octanol–water partition coefficient (Wildman–Crippen LogP) is 3.52. The molecule has 0 bridgehead atoms. The monoisotopic (exact) mass is 558 g/mol. The summed E-state index contributed by atoms with van der Waals surface area (Å²) in [6.07, 6.45) is -2.57. The molecule has 10 nitrogen and oxygen atoms in total. The van der Waals surface area contributed by atoms with Gasteiger partial charge in [-0.15, -0.1) is 0 Å². The van der Waals surface area contributed by atoms with Gasteiger partial charge in [0.05, 0.1) is 16.7 Å². The predicted molar refractivity (Wildman–Crippen MR) is 142 cm³/mol. The zero-order chi connectivity index (χ0) is 28.8. The summed E-state index contributed by atoms with van der Waals surface area (Å²) >= 11 is 0. The number of benzene rings is 3. The van der Waals surface area contributed by atoms with Crippen LogP contribution >= 0.6 is 0 Å². The van der Waals surface area contributed by atoms with Crippen molar-refractivity contribution in [1.82, 2.24) is 0 Å². The summed E-state index contributed by atoms with van der Waals surface area (Å²) in [6, 6.07) is 24.7. The topological polar surface area (TPSA) is 124 Å². The molecule has 0 aromatic heterocycles. The fraction of sp³-hybridized carbons (Fsp3) is 0.226. The molecular weight excluding hydrogens is 532 g/mol. The Bertz CT molecular complexity index is 1420. The van der Waals surface area contributed by atoms with E-state index in [0.29, 0.717) is 5.56 Å². The molecule has 3 aromatic rings. The molecule has 2 aliphatic rings. The van der Waals surface area contributed by atoms with Crippen LogP contribution in [0.15, 0.2) is 103 Å². The molecule has 10 heteroatoms. The number of carbonyl (C=O) groups is 4. The molecule has 0 spiro atoms.